The number of amides is 1. The zero-order valence-electron chi connectivity index (χ0n) is 7.98. The van der Waals surface area contributed by atoms with Crippen molar-refractivity contribution < 1.29 is 9.21 Å². The lowest BCUT2D eigenvalue weighted by Gasteiger charge is -2.03. The van der Waals surface area contributed by atoms with Gasteiger partial charge in [0.15, 0.2) is 11.0 Å². The summed E-state index contributed by atoms with van der Waals surface area (Å²) in [5, 5.41) is 0.154. The van der Waals surface area contributed by atoms with E-state index < -0.39 is 5.91 Å². The Labute approximate surface area is 95.6 Å². The lowest BCUT2D eigenvalue weighted by atomic mass is 10.4. The first kappa shape index (κ1) is 10.4. The van der Waals surface area contributed by atoms with Crippen LogP contribution in [-0.2, 0) is 0 Å². The molecule has 6 nitrogen and oxygen atoms in total. The number of nitrogens with zero attached hydrogens (tertiary/aromatic N) is 2. The van der Waals surface area contributed by atoms with Crippen LogP contribution >= 0.6 is 11.6 Å². The van der Waals surface area contributed by atoms with Gasteiger partial charge in [-0.3, -0.25) is 15.6 Å². The Morgan fingerprint density at radius 3 is 2.69 bits per heavy atom. The minimum Gasteiger partial charge on any atom is -0.439 e. The summed E-state index contributed by atoms with van der Waals surface area (Å²) in [5.74, 6) is -0.0683. The number of anilines is 1. The van der Waals surface area contributed by atoms with E-state index in [1.165, 1.54) is 12.1 Å². The molecule has 7 heteroatoms. The van der Waals surface area contributed by atoms with Crippen molar-refractivity contribution in [3.63, 3.8) is 0 Å². The van der Waals surface area contributed by atoms with Gasteiger partial charge in [0.1, 0.15) is 0 Å². The van der Waals surface area contributed by atoms with Crippen molar-refractivity contribution in [3.05, 3.63) is 41.6 Å². The predicted octanol–water partition coefficient (Wildman–Crippen LogP) is 1.48. The molecular weight excluding hydrogens is 232 g/mol. The first-order chi connectivity index (χ1) is 7.75. The molecule has 82 valence electrons. The molecule has 0 aliphatic carbocycles. The molecule has 1 amide bonds. The molecule has 0 bridgehead atoms. The summed E-state index contributed by atoms with van der Waals surface area (Å²) in [6.07, 6.45) is 3.09. The minimum atomic E-state index is -0.459. The molecule has 0 atom stereocenters. The Kier molecular flexibility index (Phi) is 3.02. The molecule has 0 unspecified atom stereocenters. The maximum Gasteiger partial charge on any atom is 0.305 e. The number of rotatable bonds is 3. The molecule has 2 aromatic heterocycles. The van der Waals surface area contributed by atoms with Gasteiger partial charge in [-0.1, -0.05) is 0 Å². The monoisotopic (exact) mass is 238 g/mol. The van der Waals surface area contributed by atoms with E-state index in [1.54, 1.807) is 18.5 Å². The van der Waals surface area contributed by atoms with Crippen LogP contribution in [0.25, 0.3) is 0 Å². The van der Waals surface area contributed by atoms with E-state index in [0.717, 1.165) is 0 Å². The van der Waals surface area contributed by atoms with Gasteiger partial charge in [0, 0.05) is 12.4 Å². The number of hydrogen-bond donors (Lipinski definition) is 2. The van der Waals surface area contributed by atoms with E-state index >= 15 is 0 Å². The van der Waals surface area contributed by atoms with Crippen LogP contribution in [0.2, 0.25) is 5.22 Å². The van der Waals surface area contributed by atoms with Gasteiger partial charge in [-0.25, -0.2) is 9.97 Å². The predicted molar refractivity (Wildman–Crippen MR) is 56.8 cm³/mol. The summed E-state index contributed by atoms with van der Waals surface area (Å²) in [5.41, 5.74) is 4.89. The number of hydrogen-bond acceptors (Lipinski definition) is 5. The lowest BCUT2D eigenvalue weighted by molar-refractivity contribution is 0.0935. The summed E-state index contributed by atoms with van der Waals surface area (Å²) in [6, 6.07) is 4.61. The van der Waals surface area contributed by atoms with Crippen LogP contribution in [0.15, 0.2) is 35.0 Å². The summed E-state index contributed by atoms with van der Waals surface area (Å²) >= 11 is 5.53. The Morgan fingerprint density at radius 1 is 1.31 bits per heavy atom. The van der Waals surface area contributed by atoms with Crippen molar-refractivity contribution >= 4 is 23.5 Å². The Bertz CT molecular complexity index is 485. The van der Waals surface area contributed by atoms with Crippen LogP contribution in [-0.4, -0.2) is 15.9 Å². The van der Waals surface area contributed by atoms with Gasteiger partial charge < -0.3 is 4.42 Å². The number of furan rings is 1. The van der Waals surface area contributed by atoms with E-state index in [2.05, 4.69) is 20.8 Å². The number of nitrogens with one attached hydrogen (secondary N) is 2. The van der Waals surface area contributed by atoms with Gasteiger partial charge >= 0.3 is 5.91 Å². The smallest absolute Gasteiger partial charge is 0.305 e. The zero-order valence-corrected chi connectivity index (χ0v) is 8.73. The molecule has 0 fully saturated rings. The van der Waals surface area contributed by atoms with Gasteiger partial charge in [0.25, 0.3) is 0 Å². The van der Waals surface area contributed by atoms with E-state index in [0.29, 0.717) is 0 Å². The first-order valence-electron chi connectivity index (χ1n) is 4.34. The minimum absolute atomic E-state index is 0.105. The van der Waals surface area contributed by atoms with Crippen molar-refractivity contribution in [2.75, 3.05) is 5.43 Å². The summed E-state index contributed by atoms with van der Waals surface area (Å²) < 4.78 is 4.91. The second-order valence-corrected chi connectivity index (χ2v) is 3.13. The Morgan fingerprint density at radius 2 is 2.06 bits per heavy atom. The molecule has 0 saturated heterocycles. The highest BCUT2D eigenvalue weighted by Gasteiger charge is 2.09. The van der Waals surface area contributed by atoms with Crippen molar-refractivity contribution in [3.8, 4) is 0 Å². The van der Waals surface area contributed by atoms with Crippen LogP contribution < -0.4 is 10.9 Å². The molecular formula is C9H7ClN4O2. The third kappa shape index (κ3) is 2.48. The van der Waals surface area contributed by atoms with Crippen molar-refractivity contribution in [2.45, 2.75) is 0 Å². The maximum atomic E-state index is 11.4. The van der Waals surface area contributed by atoms with Gasteiger partial charge in [-0.2, -0.15) is 0 Å². The second kappa shape index (κ2) is 4.63. The molecule has 2 heterocycles. The normalized spacial score (nSPS) is 9.81. The largest absolute Gasteiger partial charge is 0.439 e. The fourth-order valence-electron chi connectivity index (χ4n) is 0.974. The topological polar surface area (TPSA) is 80.0 Å². The summed E-state index contributed by atoms with van der Waals surface area (Å²) in [6.45, 7) is 0. The van der Waals surface area contributed by atoms with Gasteiger partial charge in [0.05, 0.1) is 0 Å². The first-order valence-corrected chi connectivity index (χ1v) is 4.72. The fraction of sp³-hybridized carbons (Fsp3) is 0. The average molecular weight is 239 g/mol. The summed E-state index contributed by atoms with van der Waals surface area (Å²) in [4.78, 5) is 19.2. The van der Waals surface area contributed by atoms with Crippen LogP contribution in [0.5, 0.6) is 0 Å². The highest BCUT2D eigenvalue weighted by molar-refractivity contribution is 6.29. The molecule has 0 spiro atoms. The quantitative estimate of drug-likeness (QED) is 0.792. The Balaban J connectivity index is 1.94. The number of halogens is 1. The van der Waals surface area contributed by atoms with E-state index in [4.69, 9.17) is 16.0 Å². The van der Waals surface area contributed by atoms with Crippen molar-refractivity contribution in [1.82, 2.24) is 15.4 Å². The fourth-order valence-corrected chi connectivity index (χ4v) is 1.12. The number of aromatic nitrogens is 2. The van der Waals surface area contributed by atoms with Crippen molar-refractivity contribution in [2.24, 2.45) is 0 Å². The molecule has 0 radical (unpaired) electrons. The standard InChI is InChI=1S/C9H7ClN4O2/c10-7-3-2-6(16-7)8(15)13-14-9-11-4-1-5-12-9/h1-5H,(H,13,15)(H,11,12,14). The molecule has 0 saturated carbocycles. The number of carbonyl (C=O) groups excluding carboxylic acids is 1. The molecule has 0 aliphatic rings. The summed E-state index contributed by atoms with van der Waals surface area (Å²) in [7, 11) is 0. The average Bonchev–Trinajstić information content (AvgIpc) is 2.74. The Hall–Kier alpha value is -2.08. The highest BCUT2D eigenvalue weighted by Crippen LogP contribution is 2.12. The molecule has 2 N–H and O–H groups in total. The highest BCUT2D eigenvalue weighted by atomic mass is 35.5. The van der Waals surface area contributed by atoms with E-state index in [9.17, 15) is 4.79 Å². The van der Waals surface area contributed by atoms with Crippen LogP contribution in [0.4, 0.5) is 5.95 Å². The molecule has 0 aliphatic heterocycles. The third-order valence-electron chi connectivity index (χ3n) is 1.65. The molecule has 16 heavy (non-hydrogen) atoms. The molecule has 2 aromatic rings. The maximum absolute atomic E-state index is 11.4. The van der Waals surface area contributed by atoms with Crippen LogP contribution in [0.1, 0.15) is 10.6 Å². The van der Waals surface area contributed by atoms with Gasteiger partial charge in [0.2, 0.25) is 5.95 Å². The molecule has 0 aromatic carbocycles. The van der Waals surface area contributed by atoms with E-state index in [1.807, 2.05) is 0 Å². The van der Waals surface area contributed by atoms with Crippen molar-refractivity contribution in [1.29, 1.82) is 0 Å². The molecule has 2 rings (SSSR count). The second-order valence-electron chi connectivity index (χ2n) is 2.76. The number of hydrazine groups is 1. The third-order valence-corrected chi connectivity index (χ3v) is 1.85. The van der Waals surface area contributed by atoms with E-state index in [-0.39, 0.29) is 16.9 Å². The zero-order chi connectivity index (χ0) is 11.4. The van der Waals surface area contributed by atoms with Crippen LogP contribution in [0, 0.1) is 0 Å². The lowest BCUT2D eigenvalue weighted by Crippen LogP contribution is -2.29. The number of carbonyl (C=O) groups is 1. The van der Waals surface area contributed by atoms with Crippen LogP contribution in [0.3, 0.4) is 0 Å². The van der Waals surface area contributed by atoms with Gasteiger partial charge in [-0.05, 0) is 29.8 Å². The van der Waals surface area contributed by atoms with Gasteiger partial charge in [-0.15, -0.1) is 0 Å². The SMILES string of the molecule is O=C(NNc1ncccn1)c1ccc(Cl)o1.